The van der Waals surface area contributed by atoms with Crippen LogP contribution in [-0.2, 0) is 4.79 Å². The highest BCUT2D eigenvalue weighted by atomic mass is 32.2. The lowest BCUT2D eigenvalue weighted by molar-refractivity contribution is -0.128. The molecule has 2 N–H and O–H groups in total. The fourth-order valence-corrected chi connectivity index (χ4v) is 4.38. The molecule has 26 heavy (non-hydrogen) atoms. The third kappa shape index (κ3) is 3.92. The molecule has 1 aliphatic rings. The van der Waals surface area contributed by atoms with Crippen molar-refractivity contribution in [2.24, 2.45) is 5.92 Å². The van der Waals surface area contributed by atoms with Gasteiger partial charge in [0.2, 0.25) is 5.91 Å². The van der Waals surface area contributed by atoms with Crippen LogP contribution in [-0.4, -0.2) is 44.9 Å². The maximum absolute atomic E-state index is 12.3. The third-order valence-corrected chi connectivity index (χ3v) is 5.67. The van der Waals surface area contributed by atoms with Gasteiger partial charge in [0.1, 0.15) is 11.5 Å². The average Bonchev–Trinajstić information content (AvgIpc) is 3.01. The molecule has 0 aliphatic carbocycles. The molecule has 2 unspecified atom stereocenters. The molecule has 1 amide bonds. The van der Waals surface area contributed by atoms with Crippen LogP contribution in [0.25, 0.3) is 11.1 Å². The highest BCUT2D eigenvalue weighted by Crippen LogP contribution is 2.42. The number of nitrogens with zero attached hydrogens (tertiary/aromatic N) is 2. The summed E-state index contributed by atoms with van der Waals surface area (Å²) in [6, 6.07) is 9.46. The van der Waals surface area contributed by atoms with Crippen molar-refractivity contribution >= 4 is 17.7 Å². The van der Waals surface area contributed by atoms with E-state index in [1.807, 2.05) is 41.4 Å². The van der Waals surface area contributed by atoms with E-state index in [4.69, 9.17) is 5.11 Å². The van der Waals surface area contributed by atoms with Crippen LogP contribution in [0.3, 0.4) is 0 Å². The summed E-state index contributed by atoms with van der Waals surface area (Å²) in [5.74, 6) is 1.07. The Morgan fingerprint density at radius 3 is 2.65 bits per heavy atom. The minimum atomic E-state index is -0.870. The number of benzene rings is 1. The number of carbonyl (C=O) groups is 1. The van der Waals surface area contributed by atoms with E-state index in [-0.39, 0.29) is 17.9 Å². The molecule has 2 heterocycles. The Balaban J connectivity index is 1.94. The number of carbonyl (C=O) groups excluding carboxylic acids is 1. The van der Waals surface area contributed by atoms with Gasteiger partial charge in [-0.2, -0.15) is 0 Å². The zero-order chi connectivity index (χ0) is 18.7. The Hall–Kier alpha value is -1.89. The molecule has 1 saturated heterocycles. The molecule has 0 radical (unpaired) electrons. The maximum Gasteiger partial charge on any atom is 0.233 e. The second-order valence-corrected chi connectivity index (χ2v) is 7.96. The van der Waals surface area contributed by atoms with Gasteiger partial charge in [0.25, 0.3) is 0 Å². The van der Waals surface area contributed by atoms with Crippen molar-refractivity contribution in [1.29, 1.82) is 0 Å². The van der Waals surface area contributed by atoms with Crippen molar-refractivity contribution < 1.29 is 15.0 Å². The van der Waals surface area contributed by atoms with Gasteiger partial charge in [-0.15, -0.1) is 11.8 Å². The Bertz CT molecular complexity index is 764. The molecular formula is C20H24N2O3S. The van der Waals surface area contributed by atoms with Crippen LogP contribution in [0.15, 0.2) is 42.7 Å². The maximum atomic E-state index is 12.3. The number of aliphatic hydroxyl groups is 2. The quantitative estimate of drug-likeness (QED) is 0.815. The molecule has 2 aromatic rings. The van der Waals surface area contributed by atoms with Gasteiger partial charge in [0.05, 0.1) is 12.4 Å². The van der Waals surface area contributed by atoms with Crippen LogP contribution >= 0.6 is 11.8 Å². The van der Waals surface area contributed by atoms with Crippen LogP contribution in [0.5, 0.6) is 0 Å². The van der Waals surface area contributed by atoms with Gasteiger partial charge in [0, 0.05) is 24.5 Å². The molecule has 1 fully saturated rings. The fourth-order valence-electron chi connectivity index (χ4n) is 3.16. The summed E-state index contributed by atoms with van der Waals surface area (Å²) in [5, 5.41) is 18.8. The molecule has 1 aliphatic heterocycles. The molecule has 6 heteroatoms. The van der Waals surface area contributed by atoms with Crippen molar-refractivity contribution in [3.05, 3.63) is 53.9 Å². The van der Waals surface area contributed by atoms with Gasteiger partial charge in [-0.1, -0.05) is 38.1 Å². The van der Waals surface area contributed by atoms with E-state index in [9.17, 15) is 9.90 Å². The summed E-state index contributed by atoms with van der Waals surface area (Å²) in [4.78, 5) is 18.6. The molecular weight excluding hydrogens is 348 g/mol. The summed E-state index contributed by atoms with van der Waals surface area (Å²) in [6.45, 7) is 4.66. The number of amides is 1. The lowest BCUT2D eigenvalue weighted by atomic mass is 9.98. The van der Waals surface area contributed by atoms with Crippen LogP contribution in [0.1, 0.15) is 36.5 Å². The van der Waals surface area contributed by atoms with Gasteiger partial charge in [-0.05, 0) is 28.7 Å². The topological polar surface area (TPSA) is 73.7 Å². The predicted octanol–water partition coefficient (Wildman–Crippen LogP) is 3.00. The van der Waals surface area contributed by atoms with Crippen molar-refractivity contribution in [3.8, 4) is 11.1 Å². The molecule has 2 atom stereocenters. The third-order valence-electron chi connectivity index (χ3n) is 4.43. The molecule has 0 saturated carbocycles. The molecule has 0 spiro atoms. The smallest absolute Gasteiger partial charge is 0.233 e. The zero-order valence-corrected chi connectivity index (χ0v) is 15.8. The van der Waals surface area contributed by atoms with Crippen LogP contribution in [0.4, 0.5) is 0 Å². The average molecular weight is 372 g/mol. The van der Waals surface area contributed by atoms with Crippen molar-refractivity contribution in [1.82, 2.24) is 9.88 Å². The van der Waals surface area contributed by atoms with E-state index in [1.54, 1.807) is 18.0 Å². The van der Waals surface area contributed by atoms with Gasteiger partial charge >= 0.3 is 0 Å². The normalized spacial score (nSPS) is 18.6. The number of thioether (sulfide) groups is 1. The largest absolute Gasteiger partial charge is 0.393 e. The number of pyridine rings is 1. The first-order valence-electron chi connectivity index (χ1n) is 8.75. The minimum absolute atomic E-state index is 0.0312. The molecule has 5 nitrogen and oxygen atoms in total. The van der Waals surface area contributed by atoms with E-state index in [2.05, 4.69) is 18.8 Å². The summed E-state index contributed by atoms with van der Waals surface area (Å²) >= 11 is 1.64. The van der Waals surface area contributed by atoms with Crippen molar-refractivity contribution in [2.45, 2.75) is 25.3 Å². The van der Waals surface area contributed by atoms with Crippen LogP contribution < -0.4 is 0 Å². The number of aromatic nitrogens is 1. The lowest BCUT2D eigenvalue weighted by Gasteiger charge is -2.27. The van der Waals surface area contributed by atoms with E-state index < -0.39 is 6.10 Å². The summed E-state index contributed by atoms with van der Waals surface area (Å²) in [7, 11) is 0. The van der Waals surface area contributed by atoms with Gasteiger partial charge in [-0.3, -0.25) is 9.78 Å². The first-order chi connectivity index (χ1) is 12.5. The Labute approximate surface area is 158 Å². The summed E-state index contributed by atoms with van der Waals surface area (Å²) in [5.41, 5.74) is 3.74. The number of hydrogen-bond acceptors (Lipinski definition) is 5. The number of rotatable bonds is 6. The standard InChI is InChI=1S/C20H24N2O3S/c1-13(2)10-22-19(25)12-26-20(22)17-9-21-8-7-16(17)14-3-5-15(6-4-14)18(24)11-23/h3-9,13,18,20,23-24H,10-12H2,1-2H3. The minimum Gasteiger partial charge on any atom is -0.393 e. The van der Waals surface area contributed by atoms with Gasteiger partial charge < -0.3 is 15.1 Å². The van der Waals surface area contributed by atoms with Crippen molar-refractivity contribution in [2.75, 3.05) is 18.9 Å². The number of aliphatic hydroxyl groups excluding tert-OH is 2. The van der Waals surface area contributed by atoms with E-state index in [0.29, 0.717) is 17.2 Å². The summed E-state index contributed by atoms with van der Waals surface area (Å²) in [6.07, 6.45) is 2.73. The van der Waals surface area contributed by atoms with E-state index >= 15 is 0 Å². The lowest BCUT2D eigenvalue weighted by Crippen LogP contribution is -2.31. The molecule has 1 aromatic carbocycles. The predicted molar refractivity (Wildman–Crippen MR) is 103 cm³/mol. The highest BCUT2D eigenvalue weighted by molar-refractivity contribution is 8.00. The SMILES string of the molecule is CC(C)CN1C(=O)CSC1c1cnccc1-c1ccc(C(O)CO)cc1. The van der Waals surface area contributed by atoms with Gasteiger partial charge in [0.15, 0.2) is 0 Å². The van der Waals surface area contributed by atoms with Crippen LogP contribution in [0, 0.1) is 5.92 Å². The first-order valence-corrected chi connectivity index (χ1v) is 9.80. The second kappa shape index (κ2) is 8.20. The Morgan fingerprint density at radius 1 is 1.27 bits per heavy atom. The highest BCUT2D eigenvalue weighted by Gasteiger charge is 2.34. The first kappa shape index (κ1) is 18.9. The zero-order valence-electron chi connectivity index (χ0n) is 15.0. The summed E-state index contributed by atoms with van der Waals surface area (Å²) < 4.78 is 0. The second-order valence-electron chi connectivity index (χ2n) is 6.89. The Kier molecular flexibility index (Phi) is 5.96. The molecule has 0 bridgehead atoms. The molecule has 1 aromatic heterocycles. The van der Waals surface area contributed by atoms with E-state index in [1.165, 1.54) is 0 Å². The fraction of sp³-hybridized carbons (Fsp3) is 0.400. The van der Waals surface area contributed by atoms with Gasteiger partial charge in [-0.25, -0.2) is 0 Å². The van der Waals surface area contributed by atoms with Crippen LogP contribution in [0.2, 0.25) is 0 Å². The molecule has 138 valence electrons. The van der Waals surface area contributed by atoms with Crippen molar-refractivity contribution in [3.63, 3.8) is 0 Å². The van der Waals surface area contributed by atoms with E-state index in [0.717, 1.165) is 23.2 Å². The monoisotopic (exact) mass is 372 g/mol. The number of hydrogen-bond donors (Lipinski definition) is 2. The molecule has 3 rings (SSSR count). The Morgan fingerprint density at radius 2 is 2.00 bits per heavy atom.